The predicted molar refractivity (Wildman–Crippen MR) is 71.2 cm³/mol. The predicted octanol–water partition coefficient (Wildman–Crippen LogP) is 2.67. The molecule has 0 radical (unpaired) electrons. The van der Waals surface area contributed by atoms with Gasteiger partial charge >= 0.3 is 0 Å². The molecule has 0 fully saturated rings. The summed E-state index contributed by atoms with van der Waals surface area (Å²) in [5, 5.41) is 2.95. The highest BCUT2D eigenvalue weighted by Crippen LogP contribution is 2.18. The number of hydrogen-bond donors (Lipinski definition) is 1. The van der Waals surface area contributed by atoms with Crippen molar-refractivity contribution in [2.24, 2.45) is 0 Å². The summed E-state index contributed by atoms with van der Waals surface area (Å²) in [5.74, 6) is 0.284. The Balaban J connectivity index is 2.04. The van der Waals surface area contributed by atoms with E-state index in [4.69, 9.17) is 0 Å². The van der Waals surface area contributed by atoms with Gasteiger partial charge in [0.15, 0.2) is 0 Å². The number of carbonyl (C=O) groups is 1. The minimum atomic E-state index is -0.291. The van der Waals surface area contributed by atoms with Crippen LogP contribution in [0.5, 0.6) is 0 Å². The first-order valence-electron chi connectivity index (χ1n) is 5.96. The molecule has 0 bridgehead atoms. The van der Waals surface area contributed by atoms with Gasteiger partial charge in [0.05, 0.1) is 0 Å². The average molecular weight is 259 g/mol. The normalized spacial score (nSPS) is 10.2. The third-order valence-corrected chi connectivity index (χ3v) is 2.57. The van der Waals surface area contributed by atoms with E-state index in [-0.39, 0.29) is 11.6 Å². The quantitative estimate of drug-likeness (QED) is 0.897. The first-order valence-corrected chi connectivity index (χ1v) is 5.96. The van der Waals surface area contributed by atoms with Crippen molar-refractivity contribution in [3.63, 3.8) is 0 Å². The summed E-state index contributed by atoms with van der Waals surface area (Å²) in [6.07, 6.45) is 3.69. The highest BCUT2D eigenvalue weighted by molar-refractivity contribution is 5.75. The minimum absolute atomic E-state index is 0.115. The summed E-state index contributed by atoms with van der Waals surface area (Å²) < 4.78 is 13.1. The molecule has 0 unspecified atom stereocenters. The molecule has 0 amide bonds. The Morgan fingerprint density at radius 3 is 2.63 bits per heavy atom. The van der Waals surface area contributed by atoms with Gasteiger partial charge < -0.3 is 5.32 Å². The van der Waals surface area contributed by atoms with Crippen LogP contribution in [0.1, 0.15) is 13.3 Å². The molecule has 5 heteroatoms. The van der Waals surface area contributed by atoms with E-state index in [9.17, 15) is 9.18 Å². The Bertz CT molecular complexity index is 569. The highest BCUT2D eigenvalue weighted by atomic mass is 19.1. The average Bonchev–Trinajstić information content (AvgIpc) is 2.39. The fraction of sp³-hybridized carbons (Fsp3) is 0.214. The lowest BCUT2D eigenvalue weighted by Gasteiger charge is -2.04. The molecule has 1 heterocycles. The number of halogens is 1. The summed E-state index contributed by atoms with van der Waals surface area (Å²) in [5.41, 5.74) is 1.48. The molecule has 0 aliphatic carbocycles. The van der Waals surface area contributed by atoms with E-state index in [1.807, 2.05) is 0 Å². The van der Waals surface area contributed by atoms with Crippen molar-refractivity contribution in [3.8, 4) is 11.1 Å². The van der Waals surface area contributed by atoms with Gasteiger partial charge in [0.2, 0.25) is 5.95 Å². The topological polar surface area (TPSA) is 54.9 Å². The SMILES string of the molecule is CC(=O)CCNc1ncc(-c2cccc(F)c2)cn1. The number of nitrogens with zero attached hydrogens (tertiary/aromatic N) is 2. The van der Waals surface area contributed by atoms with E-state index in [0.29, 0.717) is 18.9 Å². The second-order valence-corrected chi connectivity index (χ2v) is 4.18. The zero-order valence-corrected chi connectivity index (χ0v) is 10.6. The molecule has 1 aromatic heterocycles. The van der Waals surface area contributed by atoms with E-state index in [1.54, 1.807) is 24.5 Å². The van der Waals surface area contributed by atoms with Crippen molar-refractivity contribution >= 4 is 11.7 Å². The Morgan fingerprint density at radius 1 is 1.26 bits per heavy atom. The van der Waals surface area contributed by atoms with Crippen LogP contribution in [0.2, 0.25) is 0 Å². The Kier molecular flexibility index (Phi) is 4.18. The fourth-order valence-corrected chi connectivity index (χ4v) is 1.59. The van der Waals surface area contributed by atoms with Crippen LogP contribution in [0, 0.1) is 5.82 Å². The molecular weight excluding hydrogens is 245 g/mol. The van der Waals surface area contributed by atoms with E-state index in [2.05, 4.69) is 15.3 Å². The van der Waals surface area contributed by atoms with Gasteiger partial charge in [0, 0.05) is 30.9 Å². The number of benzene rings is 1. The highest BCUT2D eigenvalue weighted by Gasteiger charge is 2.02. The lowest BCUT2D eigenvalue weighted by molar-refractivity contribution is -0.116. The second-order valence-electron chi connectivity index (χ2n) is 4.18. The van der Waals surface area contributed by atoms with Crippen molar-refractivity contribution in [1.82, 2.24) is 9.97 Å². The summed E-state index contributed by atoms with van der Waals surface area (Å²) in [4.78, 5) is 19.0. The molecular formula is C14H14FN3O. The number of anilines is 1. The van der Waals surface area contributed by atoms with Crippen molar-refractivity contribution in [3.05, 3.63) is 42.5 Å². The molecule has 1 N–H and O–H groups in total. The van der Waals surface area contributed by atoms with E-state index >= 15 is 0 Å². The van der Waals surface area contributed by atoms with Crippen molar-refractivity contribution < 1.29 is 9.18 Å². The zero-order valence-electron chi connectivity index (χ0n) is 10.6. The maximum Gasteiger partial charge on any atom is 0.222 e. The molecule has 4 nitrogen and oxygen atoms in total. The molecule has 0 spiro atoms. The Hall–Kier alpha value is -2.30. The largest absolute Gasteiger partial charge is 0.354 e. The fourth-order valence-electron chi connectivity index (χ4n) is 1.59. The van der Waals surface area contributed by atoms with Gasteiger partial charge in [-0.2, -0.15) is 0 Å². The molecule has 0 saturated carbocycles. The van der Waals surface area contributed by atoms with Crippen LogP contribution in [0.25, 0.3) is 11.1 Å². The number of carbonyl (C=O) groups excluding carboxylic acids is 1. The smallest absolute Gasteiger partial charge is 0.222 e. The van der Waals surface area contributed by atoms with Crippen LogP contribution in [-0.2, 0) is 4.79 Å². The van der Waals surface area contributed by atoms with Gasteiger partial charge in [-0.05, 0) is 24.6 Å². The lowest BCUT2D eigenvalue weighted by Crippen LogP contribution is -2.08. The van der Waals surface area contributed by atoms with Crippen LogP contribution in [0.4, 0.5) is 10.3 Å². The third-order valence-electron chi connectivity index (χ3n) is 2.57. The maximum absolute atomic E-state index is 13.1. The second kappa shape index (κ2) is 6.04. The van der Waals surface area contributed by atoms with Gasteiger partial charge in [0.25, 0.3) is 0 Å². The van der Waals surface area contributed by atoms with Crippen LogP contribution in [0.15, 0.2) is 36.7 Å². The van der Waals surface area contributed by atoms with E-state index in [1.165, 1.54) is 19.1 Å². The Labute approximate surface area is 110 Å². The van der Waals surface area contributed by atoms with Gasteiger partial charge in [-0.1, -0.05) is 12.1 Å². The molecule has 2 aromatic rings. The summed E-state index contributed by atoms with van der Waals surface area (Å²) in [6.45, 7) is 2.05. The maximum atomic E-state index is 13.1. The summed E-state index contributed by atoms with van der Waals surface area (Å²) in [7, 11) is 0. The zero-order chi connectivity index (χ0) is 13.7. The van der Waals surface area contributed by atoms with Gasteiger partial charge in [-0.25, -0.2) is 14.4 Å². The monoisotopic (exact) mass is 259 g/mol. The van der Waals surface area contributed by atoms with Crippen LogP contribution >= 0.6 is 0 Å². The third kappa shape index (κ3) is 3.84. The summed E-state index contributed by atoms with van der Waals surface area (Å²) >= 11 is 0. The van der Waals surface area contributed by atoms with Crippen LogP contribution in [-0.4, -0.2) is 22.3 Å². The molecule has 0 atom stereocenters. The standard InChI is InChI=1S/C14H14FN3O/c1-10(19)5-6-16-14-17-8-12(9-18-14)11-3-2-4-13(15)7-11/h2-4,7-9H,5-6H2,1H3,(H,16,17,18). The number of Topliss-reactive ketones (excluding diaryl/α,β-unsaturated/α-hetero) is 1. The van der Waals surface area contributed by atoms with Crippen molar-refractivity contribution in [2.75, 3.05) is 11.9 Å². The molecule has 0 aliphatic heterocycles. The number of nitrogens with one attached hydrogen (secondary N) is 1. The number of hydrogen-bond acceptors (Lipinski definition) is 4. The summed E-state index contributed by atoms with van der Waals surface area (Å²) in [6, 6.07) is 6.26. The number of ketones is 1. The molecule has 0 aliphatic rings. The van der Waals surface area contributed by atoms with Gasteiger partial charge in [0.1, 0.15) is 11.6 Å². The molecule has 2 rings (SSSR count). The van der Waals surface area contributed by atoms with E-state index < -0.39 is 0 Å². The molecule has 19 heavy (non-hydrogen) atoms. The number of rotatable bonds is 5. The van der Waals surface area contributed by atoms with E-state index in [0.717, 1.165) is 11.1 Å². The van der Waals surface area contributed by atoms with Gasteiger partial charge in [-0.15, -0.1) is 0 Å². The first-order chi connectivity index (χ1) is 9.15. The van der Waals surface area contributed by atoms with Crippen molar-refractivity contribution in [1.29, 1.82) is 0 Å². The van der Waals surface area contributed by atoms with Crippen molar-refractivity contribution in [2.45, 2.75) is 13.3 Å². The lowest BCUT2D eigenvalue weighted by atomic mass is 10.1. The molecule has 1 aromatic carbocycles. The Morgan fingerprint density at radius 2 is 2.00 bits per heavy atom. The van der Waals surface area contributed by atoms with Crippen LogP contribution < -0.4 is 5.32 Å². The first kappa shape index (κ1) is 13.1. The van der Waals surface area contributed by atoms with Crippen LogP contribution in [0.3, 0.4) is 0 Å². The number of aromatic nitrogens is 2. The molecule has 0 saturated heterocycles. The molecule has 98 valence electrons. The van der Waals surface area contributed by atoms with Gasteiger partial charge in [-0.3, -0.25) is 4.79 Å². The minimum Gasteiger partial charge on any atom is -0.354 e.